The van der Waals surface area contributed by atoms with Crippen molar-refractivity contribution in [1.29, 1.82) is 0 Å². The summed E-state index contributed by atoms with van der Waals surface area (Å²) < 4.78 is 12.5. The van der Waals surface area contributed by atoms with Crippen LogP contribution in [0.4, 0.5) is 0 Å². The van der Waals surface area contributed by atoms with E-state index < -0.39 is 0 Å². The molecule has 2 bridgehead atoms. The number of nitrogens with two attached hydrogens (primary N) is 1. The van der Waals surface area contributed by atoms with Crippen LogP contribution < -0.4 is 5.73 Å². The third-order valence-electron chi connectivity index (χ3n) is 6.06. The molecule has 3 aliphatic carbocycles. The Labute approximate surface area is 117 Å². The molecule has 2 N–H and O–H groups in total. The van der Waals surface area contributed by atoms with Crippen LogP contribution in [0.3, 0.4) is 0 Å². The third kappa shape index (κ3) is 1.90. The van der Waals surface area contributed by atoms with E-state index in [-0.39, 0.29) is 24.8 Å². The molecule has 5 atom stereocenters. The second kappa shape index (κ2) is 4.22. The molecular weight excluding hydrogens is 237 g/mol. The van der Waals surface area contributed by atoms with Gasteiger partial charge in [-0.3, -0.25) is 0 Å². The van der Waals surface area contributed by atoms with Gasteiger partial charge in [0.25, 0.3) is 0 Å². The highest BCUT2D eigenvalue weighted by atomic mass is 16.7. The summed E-state index contributed by atoms with van der Waals surface area (Å²) in [5, 5.41) is 0. The summed E-state index contributed by atoms with van der Waals surface area (Å²) in [5.41, 5.74) is 6.56. The number of hydrogen-bond donors (Lipinski definition) is 1. The van der Waals surface area contributed by atoms with Crippen LogP contribution in [0.5, 0.6) is 0 Å². The highest BCUT2D eigenvalue weighted by molar-refractivity contribution is 6.47. The van der Waals surface area contributed by atoms with Gasteiger partial charge < -0.3 is 15.0 Å². The molecule has 4 aliphatic rings. The fourth-order valence-corrected chi connectivity index (χ4v) is 4.74. The summed E-state index contributed by atoms with van der Waals surface area (Å²) >= 11 is 0. The van der Waals surface area contributed by atoms with Crippen LogP contribution in [-0.4, -0.2) is 24.8 Å². The van der Waals surface area contributed by atoms with Crippen molar-refractivity contribution in [2.24, 2.45) is 28.9 Å². The molecule has 3 saturated carbocycles. The predicted octanol–water partition coefficient (Wildman–Crippen LogP) is 2.63. The van der Waals surface area contributed by atoms with E-state index in [2.05, 4.69) is 34.6 Å². The zero-order valence-corrected chi connectivity index (χ0v) is 13.0. The molecule has 0 aromatic carbocycles. The minimum Gasteiger partial charge on any atom is -0.404 e. The molecular formula is C15H28BNO2. The van der Waals surface area contributed by atoms with E-state index in [9.17, 15) is 0 Å². The second-order valence-corrected chi connectivity index (χ2v) is 8.13. The van der Waals surface area contributed by atoms with E-state index >= 15 is 0 Å². The summed E-state index contributed by atoms with van der Waals surface area (Å²) in [4.78, 5) is 0. The Morgan fingerprint density at radius 2 is 1.95 bits per heavy atom. The lowest BCUT2D eigenvalue weighted by Crippen LogP contribution is -2.65. The van der Waals surface area contributed by atoms with Crippen molar-refractivity contribution in [2.45, 2.75) is 71.5 Å². The summed E-state index contributed by atoms with van der Waals surface area (Å²) in [5.74, 6) is 2.02. The molecule has 0 spiro atoms. The molecule has 4 heteroatoms. The smallest absolute Gasteiger partial charge is 0.404 e. The quantitative estimate of drug-likeness (QED) is 0.798. The van der Waals surface area contributed by atoms with E-state index in [4.69, 9.17) is 15.0 Å². The Morgan fingerprint density at radius 3 is 2.53 bits per heavy atom. The molecule has 108 valence electrons. The average Bonchev–Trinajstić information content (AvgIpc) is 2.64. The lowest BCUT2D eigenvalue weighted by atomic mass is 9.43. The Hall–Kier alpha value is -0.0551. The van der Waals surface area contributed by atoms with Gasteiger partial charge in [0, 0.05) is 5.94 Å². The van der Waals surface area contributed by atoms with Crippen LogP contribution in [0, 0.1) is 23.2 Å². The van der Waals surface area contributed by atoms with Gasteiger partial charge in [-0.1, -0.05) is 27.7 Å². The van der Waals surface area contributed by atoms with Crippen LogP contribution in [-0.2, 0) is 9.31 Å². The molecule has 19 heavy (non-hydrogen) atoms. The van der Waals surface area contributed by atoms with Crippen LogP contribution in [0.2, 0.25) is 0 Å². The molecule has 0 aromatic rings. The minimum atomic E-state index is -0.201. The molecule has 1 saturated heterocycles. The van der Waals surface area contributed by atoms with E-state index in [1.54, 1.807) is 0 Å². The zero-order valence-electron chi connectivity index (χ0n) is 13.0. The van der Waals surface area contributed by atoms with Crippen molar-refractivity contribution in [2.75, 3.05) is 0 Å². The maximum Gasteiger partial charge on any atom is 0.475 e. The Bertz CT molecular complexity index is 373. The zero-order chi connectivity index (χ0) is 14.0. The first-order valence-corrected chi connectivity index (χ1v) is 7.84. The van der Waals surface area contributed by atoms with E-state index in [1.165, 1.54) is 6.42 Å². The SMILES string of the molecule is CC(C)C[C@H](N)B1O[C@@H]2CC3C[C@H](C3(C)C)[C@]2(C)O1. The predicted molar refractivity (Wildman–Crippen MR) is 77.5 cm³/mol. The van der Waals surface area contributed by atoms with Crippen molar-refractivity contribution in [1.82, 2.24) is 0 Å². The summed E-state index contributed by atoms with van der Waals surface area (Å²) in [6.07, 6.45) is 3.67. The molecule has 0 amide bonds. The second-order valence-electron chi connectivity index (χ2n) is 8.13. The van der Waals surface area contributed by atoms with Crippen molar-refractivity contribution < 1.29 is 9.31 Å². The molecule has 0 aromatic heterocycles. The summed E-state index contributed by atoms with van der Waals surface area (Å²) in [6.45, 7) is 11.4. The van der Waals surface area contributed by atoms with E-state index in [0.29, 0.717) is 17.3 Å². The molecule has 4 rings (SSSR count). The topological polar surface area (TPSA) is 44.5 Å². The molecule has 0 radical (unpaired) electrons. The van der Waals surface area contributed by atoms with Crippen molar-refractivity contribution in [3.63, 3.8) is 0 Å². The van der Waals surface area contributed by atoms with Gasteiger partial charge >= 0.3 is 7.12 Å². The highest BCUT2D eigenvalue weighted by Gasteiger charge is 2.68. The minimum absolute atomic E-state index is 0.00253. The van der Waals surface area contributed by atoms with Crippen molar-refractivity contribution in [3.8, 4) is 0 Å². The van der Waals surface area contributed by atoms with Gasteiger partial charge in [-0.2, -0.15) is 0 Å². The first kappa shape index (κ1) is 13.9. The van der Waals surface area contributed by atoms with Crippen LogP contribution in [0.25, 0.3) is 0 Å². The van der Waals surface area contributed by atoms with Gasteiger partial charge in [0.05, 0.1) is 11.7 Å². The molecule has 1 unspecified atom stereocenters. The monoisotopic (exact) mass is 265 g/mol. The maximum atomic E-state index is 6.35. The van der Waals surface area contributed by atoms with Crippen LogP contribution in [0.15, 0.2) is 0 Å². The lowest BCUT2D eigenvalue weighted by Gasteiger charge is -2.64. The molecule has 3 nitrogen and oxygen atoms in total. The van der Waals surface area contributed by atoms with Gasteiger partial charge in [0.2, 0.25) is 0 Å². The Kier molecular flexibility index (Phi) is 3.09. The third-order valence-corrected chi connectivity index (χ3v) is 6.06. The van der Waals surface area contributed by atoms with Crippen molar-refractivity contribution >= 4 is 7.12 Å². The maximum absolute atomic E-state index is 6.35. The number of rotatable bonds is 3. The molecule has 4 fully saturated rings. The lowest BCUT2D eigenvalue weighted by molar-refractivity contribution is -0.199. The average molecular weight is 265 g/mol. The normalized spacial score (nSPS) is 45.0. The van der Waals surface area contributed by atoms with Crippen LogP contribution >= 0.6 is 0 Å². The Balaban J connectivity index is 1.74. The van der Waals surface area contributed by atoms with Gasteiger partial charge in [0.15, 0.2) is 0 Å². The standard InChI is InChI=1S/C15H28BNO2/c1-9(2)6-13(17)16-18-12-8-10-7-11(14(10,3)4)15(12,5)19-16/h9-13H,6-8,17H2,1-5H3/t10?,11-,12-,13+,15+/m1/s1. The first-order valence-electron chi connectivity index (χ1n) is 7.84. The molecule has 1 aliphatic heterocycles. The summed E-state index contributed by atoms with van der Waals surface area (Å²) in [6, 6.07) is 0. The van der Waals surface area contributed by atoms with Crippen LogP contribution in [0.1, 0.15) is 53.9 Å². The fourth-order valence-electron chi connectivity index (χ4n) is 4.74. The van der Waals surface area contributed by atoms with Gasteiger partial charge in [0.1, 0.15) is 0 Å². The fraction of sp³-hybridized carbons (Fsp3) is 1.00. The largest absolute Gasteiger partial charge is 0.475 e. The molecule has 1 heterocycles. The van der Waals surface area contributed by atoms with Gasteiger partial charge in [-0.05, 0) is 49.4 Å². The summed E-state index contributed by atoms with van der Waals surface area (Å²) in [7, 11) is -0.201. The van der Waals surface area contributed by atoms with Gasteiger partial charge in [-0.15, -0.1) is 0 Å². The van der Waals surface area contributed by atoms with E-state index in [0.717, 1.165) is 18.8 Å². The van der Waals surface area contributed by atoms with E-state index in [1.807, 2.05) is 0 Å². The highest BCUT2D eigenvalue weighted by Crippen LogP contribution is 2.65. The Morgan fingerprint density at radius 1 is 1.26 bits per heavy atom. The van der Waals surface area contributed by atoms with Crippen molar-refractivity contribution in [3.05, 3.63) is 0 Å². The number of hydrogen-bond acceptors (Lipinski definition) is 3. The first-order chi connectivity index (χ1) is 8.75. The van der Waals surface area contributed by atoms with Gasteiger partial charge in [-0.25, -0.2) is 0 Å².